The molecule has 2 heterocycles. The molecule has 0 spiro atoms. The number of rotatable bonds is 7. The summed E-state index contributed by atoms with van der Waals surface area (Å²) in [6, 6.07) is 6.78. The van der Waals surface area contributed by atoms with E-state index >= 15 is 0 Å². The Morgan fingerprint density at radius 1 is 1.24 bits per heavy atom. The topological polar surface area (TPSA) is 94.5 Å². The van der Waals surface area contributed by atoms with Crippen LogP contribution in [0.2, 0.25) is 0 Å². The van der Waals surface area contributed by atoms with Gasteiger partial charge in [-0.3, -0.25) is 15.0 Å². The first-order chi connectivity index (χ1) is 12.2. The van der Waals surface area contributed by atoms with Gasteiger partial charge in [0.05, 0.1) is 18.1 Å². The molecular weight excluding hydrogens is 324 g/mol. The van der Waals surface area contributed by atoms with Gasteiger partial charge < -0.3 is 9.26 Å². The minimum absolute atomic E-state index is 0.0474. The third-order valence-electron chi connectivity index (χ3n) is 4.72. The lowest BCUT2D eigenvalue weighted by Crippen LogP contribution is -2.31. The summed E-state index contributed by atoms with van der Waals surface area (Å²) in [7, 11) is 0. The van der Waals surface area contributed by atoms with Crippen molar-refractivity contribution in [2.45, 2.75) is 31.8 Å². The van der Waals surface area contributed by atoms with Crippen molar-refractivity contribution < 1.29 is 14.2 Å². The molecule has 1 aromatic carbocycles. The Balaban J connectivity index is 1.43. The van der Waals surface area contributed by atoms with Crippen molar-refractivity contribution in [1.82, 2.24) is 15.0 Å². The highest BCUT2D eigenvalue weighted by atomic mass is 16.6. The van der Waals surface area contributed by atoms with Gasteiger partial charge in [0, 0.05) is 36.9 Å². The number of ether oxygens (including phenoxy) is 1. The van der Waals surface area contributed by atoms with Gasteiger partial charge in [0.15, 0.2) is 0 Å². The van der Waals surface area contributed by atoms with Crippen LogP contribution in [0.5, 0.6) is 0 Å². The third kappa shape index (κ3) is 3.85. The van der Waals surface area contributed by atoms with E-state index in [1.165, 1.54) is 25.0 Å². The van der Waals surface area contributed by atoms with Crippen molar-refractivity contribution in [1.29, 1.82) is 0 Å². The first-order valence-corrected chi connectivity index (χ1v) is 8.58. The minimum Gasteiger partial charge on any atom is -0.381 e. The van der Waals surface area contributed by atoms with Crippen molar-refractivity contribution in [3.63, 3.8) is 0 Å². The number of benzene rings is 1. The average Bonchev–Trinajstić information content (AvgIpc) is 3.14. The predicted octanol–water partition coefficient (Wildman–Crippen LogP) is 2.65. The lowest BCUT2D eigenvalue weighted by Gasteiger charge is -2.22. The van der Waals surface area contributed by atoms with Crippen LogP contribution in [-0.2, 0) is 11.3 Å². The molecule has 2 fully saturated rings. The van der Waals surface area contributed by atoms with Crippen LogP contribution in [0.3, 0.4) is 0 Å². The Hall–Kier alpha value is -2.32. The standard InChI is InChI=1S/C17H20N4O4/c22-21(23)15-3-1-13(2-4-15)17-18-16(25-19-17)10-20(14-5-6-14)9-12-7-8-24-11-12/h1-4,12,14H,5-11H2. The van der Waals surface area contributed by atoms with Gasteiger partial charge in [-0.05, 0) is 37.3 Å². The van der Waals surface area contributed by atoms with Crippen LogP contribution in [-0.4, -0.2) is 45.8 Å². The van der Waals surface area contributed by atoms with Crippen LogP contribution in [0.25, 0.3) is 11.4 Å². The molecule has 1 saturated carbocycles. The molecule has 0 N–H and O–H groups in total. The molecule has 1 aromatic heterocycles. The lowest BCUT2D eigenvalue weighted by atomic mass is 10.1. The van der Waals surface area contributed by atoms with Gasteiger partial charge >= 0.3 is 0 Å². The molecule has 2 aliphatic rings. The summed E-state index contributed by atoms with van der Waals surface area (Å²) < 4.78 is 10.9. The zero-order chi connectivity index (χ0) is 17.2. The molecule has 1 atom stereocenters. The average molecular weight is 344 g/mol. The molecule has 132 valence electrons. The number of nitrogens with zero attached hydrogens (tertiary/aromatic N) is 4. The van der Waals surface area contributed by atoms with Gasteiger partial charge in [0.25, 0.3) is 5.69 Å². The van der Waals surface area contributed by atoms with Gasteiger partial charge in [-0.25, -0.2) is 0 Å². The second-order valence-corrected chi connectivity index (χ2v) is 6.71. The molecule has 0 radical (unpaired) electrons. The number of non-ortho nitro benzene ring substituents is 1. The largest absolute Gasteiger partial charge is 0.381 e. The molecule has 8 nitrogen and oxygen atoms in total. The van der Waals surface area contributed by atoms with Crippen molar-refractivity contribution in [3.8, 4) is 11.4 Å². The van der Waals surface area contributed by atoms with E-state index in [-0.39, 0.29) is 5.69 Å². The Morgan fingerprint density at radius 2 is 2.04 bits per heavy atom. The maximum absolute atomic E-state index is 10.7. The van der Waals surface area contributed by atoms with Crippen molar-refractivity contribution in [2.24, 2.45) is 5.92 Å². The van der Waals surface area contributed by atoms with Crippen LogP contribution in [0, 0.1) is 16.0 Å². The van der Waals surface area contributed by atoms with E-state index < -0.39 is 4.92 Å². The van der Waals surface area contributed by atoms with Crippen LogP contribution < -0.4 is 0 Å². The van der Waals surface area contributed by atoms with E-state index in [4.69, 9.17) is 9.26 Å². The van der Waals surface area contributed by atoms with E-state index in [2.05, 4.69) is 15.0 Å². The lowest BCUT2D eigenvalue weighted by molar-refractivity contribution is -0.384. The van der Waals surface area contributed by atoms with Crippen molar-refractivity contribution >= 4 is 5.69 Å². The highest BCUT2D eigenvalue weighted by Gasteiger charge is 2.32. The highest BCUT2D eigenvalue weighted by Crippen LogP contribution is 2.30. The Bertz CT molecular complexity index is 735. The van der Waals surface area contributed by atoms with E-state index in [1.807, 2.05) is 0 Å². The molecule has 1 saturated heterocycles. The molecule has 1 aliphatic carbocycles. The van der Waals surface area contributed by atoms with Gasteiger partial charge in [0.1, 0.15) is 0 Å². The molecule has 25 heavy (non-hydrogen) atoms. The van der Waals surface area contributed by atoms with Crippen molar-refractivity contribution in [3.05, 3.63) is 40.3 Å². The van der Waals surface area contributed by atoms with Crippen LogP contribution in [0.4, 0.5) is 5.69 Å². The minimum atomic E-state index is -0.425. The van der Waals surface area contributed by atoms with E-state index in [0.29, 0.717) is 35.8 Å². The summed E-state index contributed by atoms with van der Waals surface area (Å²) in [6.45, 7) is 3.33. The normalized spacial score (nSPS) is 20.3. The quantitative estimate of drug-likeness (QED) is 0.563. The molecule has 0 amide bonds. The summed E-state index contributed by atoms with van der Waals surface area (Å²) in [5, 5.41) is 14.7. The molecular formula is C17H20N4O4. The molecule has 0 bridgehead atoms. The van der Waals surface area contributed by atoms with Crippen LogP contribution >= 0.6 is 0 Å². The fraction of sp³-hybridized carbons (Fsp3) is 0.529. The van der Waals surface area contributed by atoms with E-state index in [0.717, 1.165) is 26.2 Å². The summed E-state index contributed by atoms with van der Waals surface area (Å²) in [5.41, 5.74) is 0.758. The molecule has 2 aromatic rings. The Labute approximate surface area is 144 Å². The fourth-order valence-corrected chi connectivity index (χ4v) is 3.18. The van der Waals surface area contributed by atoms with Gasteiger partial charge in [0.2, 0.25) is 11.7 Å². The van der Waals surface area contributed by atoms with Crippen molar-refractivity contribution in [2.75, 3.05) is 19.8 Å². The smallest absolute Gasteiger partial charge is 0.269 e. The monoisotopic (exact) mass is 344 g/mol. The second kappa shape index (κ2) is 6.89. The second-order valence-electron chi connectivity index (χ2n) is 6.71. The number of hydrogen-bond donors (Lipinski definition) is 0. The van der Waals surface area contributed by atoms with Gasteiger partial charge in [-0.2, -0.15) is 4.98 Å². The molecule has 4 rings (SSSR count). The highest BCUT2D eigenvalue weighted by molar-refractivity contribution is 5.56. The number of hydrogen-bond acceptors (Lipinski definition) is 7. The zero-order valence-corrected chi connectivity index (χ0v) is 13.8. The fourth-order valence-electron chi connectivity index (χ4n) is 3.18. The predicted molar refractivity (Wildman–Crippen MR) is 88.7 cm³/mol. The maximum atomic E-state index is 10.7. The SMILES string of the molecule is O=[N+]([O-])c1ccc(-c2noc(CN(CC3CCOC3)C3CC3)n2)cc1. The Morgan fingerprint density at radius 3 is 2.68 bits per heavy atom. The molecule has 8 heteroatoms. The van der Waals surface area contributed by atoms with Gasteiger partial charge in [-0.1, -0.05) is 5.16 Å². The first-order valence-electron chi connectivity index (χ1n) is 8.58. The van der Waals surface area contributed by atoms with E-state index in [9.17, 15) is 10.1 Å². The maximum Gasteiger partial charge on any atom is 0.269 e. The number of aromatic nitrogens is 2. The van der Waals surface area contributed by atoms with Crippen LogP contribution in [0.15, 0.2) is 28.8 Å². The summed E-state index contributed by atoms with van der Waals surface area (Å²) >= 11 is 0. The zero-order valence-electron chi connectivity index (χ0n) is 13.8. The van der Waals surface area contributed by atoms with Gasteiger partial charge in [-0.15, -0.1) is 0 Å². The Kier molecular flexibility index (Phi) is 4.46. The molecule has 1 aliphatic heterocycles. The summed E-state index contributed by atoms with van der Waals surface area (Å²) in [4.78, 5) is 17.2. The summed E-state index contributed by atoms with van der Waals surface area (Å²) in [6.07, 6.45) is 3.55. The summed E-state index contributed by atoms with van der Waals surface area (Å²) in [5.74, 6) is 1.63. The molecule has 1 unspecified atom stereocenters. The van der Waals surface area contributed by atoms with E-state index in [1.54, 1.807) is 12.1 Å². The third-order valence-corrected chi connectivity index (χ3v) is 4.72. The first kappa shape index (κ1) is 16.2. The van der Waals surface area contributed by atoms with Crippen LogP contribution in [0.1, 0.15) is 25.2 Å². The number of nitro benzene ring substituents is 1. The number of nitro groups is 1.